The van der Waals surface area contributed by atoms with Crippen molar-refractivity contribution in [2.75, 3.05) is 5.73 Å². The SMILES string of the molecule is CCn1nc(C)c2nc(N)n(CC(C(C)C)C(C)C)c21. The number of nitrogens with zero attached hydrogens (tertiary/aromatic N) is 4. The van der Waals surface area contributed by atoms with Gasteiger partial charge in [0.2, 0.25) is 5.95 Å². The molecule has 0 spiro atoms. The molecular formula is C15H27N5. The fourth-order valence-corrected chi connectivity index (χ4v) is 3.04. The standard InChI is InChI=1S/C15H27N5/c1-7-20-14-13(11(6)18-20)17-15(16)19(14)8-12(9(2)3)10(4)5/h9-10,12H,7-8H2,1-6H3,(H2,16,17). The van der Waals surface area contributed by atoms with Crippen molar-refractivity contribution in [2.24, 2.45) is 17.8 Å². The summed E-state index contributed by atoms with van der Waals surface area (Å²) in [6, 6.07) is 0. The Bertz CT molecular complexity index is 583. The molecule has 0 fully saturated rings. The van der Waals surface area contributed by atoms with E-state index in [1.807, 2.05) is 11.6 Å². The molecule has 0 saturated carbocycles. The van der Waals surface area contributed by atoms with Crippen molar-refractivity contribution >= 4 is 17.1 Å². The summed E-state index contributed by atoms with van der Waals surface area (Å²) in [5, 5.41) is 4.54. The van der Waals surface area contributed by atoms with Crippen LogP contribution in [0.4, 0.5) is 5.95 Å². The van der Waals surface area contributed by atoms with Gasteiger partial charge in [0.05, 0.1) is 5.69 Å². The molecule has 20 heavy (non-hydrogen) atoms. The van der Waals surface area contributed by atoms with Gasteiger partial charge in [-0.05, 0) is 31.6 Å². The number of hydrogen-bond donors (Lipinski definition) is 1. The maximum Gasteiger partial charge on any atom is 0.202 e. The average molecular weight is 277 g/mol. The summed E-state index contributed by atoms with van der Waals surface area (Å²) in [6.45, 7) is 14.9. The summed E-state index contributed by atoms with van der Waals surface area (Å²) < 4.78 is 4.15. The van der Waals surface area contributed by atoms with Crippen molar-refractivity contribution in [3.63, 3.8) is 0 Å². The highest BCUT2D eigenvalue weighted by atomic mass is 15.4. The van der Waals surface area contributed by atoms with Crippen molar-refractivity contribution in [3.05, 3.63) is 5.69 Å². The summed E-state index contributed by atoms with van der Waals surface area (Å²) >= 11 is 0. The highest BCUT2D eigenvalue weighted by molar-refractivity contribution is 5.77. The van der Waals surface area contributed by atoms with Crippen LogP contribution in [0.25, 0.3) is 11.2 Å². The molecule has 0 bridgehead atoms. The number of hydrogen-bond acceptors (Lipinski definition) is 3. The van der Waals surface area contributed by atoms with E-state index in [2.05, 4.69) is 49.3 Å². The first-order valence-electron chi connectivity index (χ1n) is 7.55. The Morgan fingerprint density at radius 2 is 1.75 bits per heavy atom. The molecule has 0 atom stereocenters. The predicted octanol–water partition coefficient (Wildman–Crippen LogP) is 3.07. The van der Waals surface area contributed by atoms with Crippen LogP contribution in [0, 0.1) is 24.7 Å². The highest BCUT2D eigenvalue weighted by Crippen LogP contribution is 2.27. The molecule has 0 aliphatic heterocycles. The molecule has 0 unspecified atom stereocenters. The number of fused-ring (bicyclic) bond motifs is 1. The van der Waals surface area contributed by atoms with Gasteiger partial charge in [0.25, 0.3) is 0 Å². The van der Waals surface area contributed by atoms with Gasteiger partial charge in [0, 0.05) is 13.1 Å². The summed E-state index contributed by atoms with van der Waals surface area (Å²) in [5.74, 6) is 2.42. The lowest BCUT2D eigenvalue weighted by molar-refractivity contribution is 0.254. The van der Waals surface area contributed by atoms with Gasteiger partial charge in [0.15, 0.2) is 5.65 Å². The second-order valence-electron chi connectivity index (χ2n) is 6.31. The topological polar surface area (TPSA) is 61.7 Å². The molecule has 2 aromatic rings. The zero-order chi connectivity index (χ0) is 15.0. The van der Waals surface area contributed by atoms with Crippen LogP contribution in [-0.4, -0.2) is 19.3 Å². The molecule has 112 valence electrons. The van der Waals surface area contributed by atoms with Gasteiger partial charge in [0.1, 0.15) is 5.52 Å². The van der Waals surface area contributed by atoms with Crippen molar-refractivity contribution in [1.29, 1.82) is 0 Å². The van der Waals surface area contributed by atoms with E-state index in [9.17, 15) is 0 Å². The lowest BCUT2D eigenvalue weighted by Crippen LogP contribution is -2.23. The van der Waals surface area contributed by atoms with Crippen molar-refractivity contribution in [2.45, 2.75) is 54.6 Å². The first-order valence-corrected chi connectivity index (χ1v) is 7.55. The minimum Gasteiger partial charge on any atom is -0.369 e. The fraction of sp³-hybridized carbons (Fsp3) is 0.733. The van der Waals surface area contributed by atoms with E-state index in [4.69, 9.17) is 5.73 Å². The van der Waals surface area contributed by atoms with Crippen LogP contribution in [0.3, 0.4) is 0 Å². The molecule has 2 heterocycles. The molecular weight excluding hydrogens is 250 g/mol. The number of aromatic nitrogens is 4. The second-order valence-corrected chi connectivity index (χ2v) is 6.31. The average Bonchev–Trinajstić information content (AvgIpc) is 2.83. The van der Waals surface area contributed by atoms with Crippen LogP contribution < -0.4 is 5.73 Å². The first kappa shape index (κ1) is 14.9. The largest absolute Gasteiger partial charge is 0.369 e. The van der Waals surface area contributed by atoms with Crippen molar-refractivity contribution in [1.82, 2.24) is 19.3 Å². The predicted molar refractivity (Wildman–Crippen MR) is 83.5 cm³/mol. The third-order valence-corrected chi connectivity index (χ3v) is 4.23. The highest BCUT2D eigenvalue weighted by Gasteiger charge is 2.23. The van der Waals surface area contributed by atoms with Gasteiger partial charge in [-0.2, -0.15) is 5.10 Å². The van der Waals surface area contributed by atoms with Crippen molar-refractivity contribution < 1.29 is 0 Å². The molecule has 0 saturated heterocycles. The summed E-state index contributed by atoms with van der Waals surface area (Å²) in [5.41, 5.74) is 9.11. The molecule has 5 heteroatoms. The van der Waals surface area contributed by atoms with Gasteiger partial charge in [-0.1, -0.05) is 27.7 Å². The Kier molecular flexibility index (Phi) is 4.06. The zero-order valence-corrected chi connectivity index (χ0v) is 13.5. The summed E-state index contributed by atoms with van der Waals surface area (Å²) in [6.07, 6.45) is 0. The number of nitrogen functional groups attached to an aromatic ring is 1. The fourth-order valence-electron chi connectivity index (χ4n) is 3.04. The Labute approximate surface area is 121 Å². The van der Waals surface area contributed by atoms with E-state index in [0.717, 1.165) is 29.9 Å². The van der Waals surface area contributed by atoms with Gasteiger partial charge in [-0.15, -0.1) is 0 Å². The molecule has 0 amide bonds. The monoisotopic (exact) mass is 277 g/mol. The van der Waals surface area contributed by atoms with E-state index in [1.54, 1.807) is 0 Å². The van der Waals surface area contributed by atoms with Crippen LogP contribution >= 0.6 is 0 Å². The van der Waals surface area contributed by atoms with E-state index in [0.29, 0.717) is 23.7 Å². The van der Waals surface area contributed by atoms with Crippen LogP contribution in [0.5, 0.6) is 0 Å². The van der Waals surface area contributed by atoms with E-state index < -0.39 is 0 Å². The molecule has 2 aromatic heterocycles. The number of rotatable bonds is 5. The Morgan fingerprint density at radius 1 is 1.15 bits per heavy atom. The Morgan fingerprint density at radius 3 is 2.25 bits per heavy atom. The zero-order valence-electron chi connectivity index (χ0n) is 13.5. The van der Waals surface area contributed by atoms with E-state index in [-0.39, 0.29) is 0 Å². The molecule has 0 aliphatic carbocycles. The second kappa shape index (κ2) is 5.46. The number of nitrogens with two attached hydrogens (primary N) is 1. The number of aryl methyl sites for hydroxylation is 2. The smallest absolute Gasteiger partial charge is 0.202 e. The Hall–Kier alpha value is -1.52. The lowest BCUT2D eigenvalue weighted by atomic mass is 9.85. The van der Waals surface area contributed by atoms with Gasteiger partial charge < -0.3 is 5.73 Å². The summed E-state index contributed by atoms with van der Waals surface area (Å²) in [4.78, 5) is 4.51. The van der Waals surface area contributed by atoms with Gasteiger partial charge in [-0.25, -0.2) is 9.67 Å². The lowest BCUT2D eigenvalue weighted by Gasteiger charge is -2.26. The number of anilines is 1. The molecule has 2 rings (SSSR count). The third kappa shape index (κ3) is 2.41. The normalized spacial score (nSPS) is 12.4. The molecule has 0 aromatic carbocycles. The number of imidazole rings is 1. The Balaban J connectivity index is 2.50. The van der Waals surface area contributed by atoms with Crippen LogP contribution in [0.1, 0.15) is 40.3 Å². The molecule has 0 aliphatic rings. The van der Waals surface area contributed by atoms with E-state index >= 15 is 0 Å². The van der Waals surface area contributed by atoms with Crippen molar-refractivity contribution in [3.8, 4) is 0 Å². The minimum absolute atomic E-state index is 0.579. The maximum atomic E-state index is 6.15. The minimum atomic E-state index is 0.579. The molecule has 0 radical (unpaired) electrons. The molecule has 2 N–H and O–H groups in total. The molecule has 5 nitrogen and oxygen atoms in total. The van der Waals surface area contributed by atoms with Crippen LogP contribution in [0.2, 0.25) is 0 Å². The first-order chi connectivity index (χ1) is 9.36. The van der Waals surface area contributed by atoms with Gasteiger partial charge >= 0.3 is 0 Å². The maximum absolute atomic E-state index is 6.15. The quantitative estimate of drug-likeness (QED) is 0.913. The van der Waals surface area contributed by atoms with E-state index in [1.165, 1.54) is 0 Å². The third-order valence-electron chi connectivity index (χ3n) is 4.23. The van der Waals surface area contributed by atoms with Crippen LogP contribution in [0.15, 0.2) is 0 Å². The van der Waals surface area contributed by atoms with Gasteiger partial charge in [-0.3, -0.25) is 4.57 Å². The van der Waals surface area contributed by atoms with Crippen LogP contribution in [-0.2, 0) is 13.1 Å². The summed E-state index contributed by atoms with van der Waals surface area (Å²) in [7, 11) is 0.